The first-order valence-electron chi connectivity index (χ1n) is 14.5. The van der Waals surface area contributed by atoms with Gasteiger partial charge in [-0.15, -0.1) is 5.10 Å². The summed E-state index contributed by atoms with van der Waals surface area (Å²) in [5.41, 5.74) is 2.73. The number of benzene rings is 2. The predicted octanol–water partition coefficient (Wildman–Crippen LogP) is 6.04. The van der Waals surface area contributed by atoms with Gasteiger partial charge in [0.25, 0.3) is 0 Å². The zero-order valence-corrected chi connectivity index (χ0v) is 25.0. The van der Waals surface area contributed by atoms with Gasteiger partial charge in [-0.05, 0) is 49.6 Å². The van der Waals surface area contributed by atoms with Gasteiger partial charge in [0.05, 0.1) is 48.9 Å². The number of carbonyl (C=O) groups is 1. The van der Waals surface area contributed by atoms with Gasteiger partial charge in [-0.25, -0.2) is 14.2 Å². The van der Waals surface area contributed by atoms with Crippen LogP contribution in [0.5, 0.6) is 5.88 Å². The molecular weight excluding hydrogens is 561 g/mol. The summed E-state index contributed by atoms with van der Waals surface area (Å²) in [6.45, 7) is 8.09. The van der Waals surface area contributed by atoms with Crippen molar-refractivity contribution in [1.29, 1.82) is 0 Å². The average Bonchev–Trinajstić information content (AvgIpc) is 3.59. The Morgan fingerprint density at radius 2 is 1.90 bits per heavy atom. The van der Waals surface area contributed by atoms with Crippen LogP contribution >= 0.6 is 11.6 Å². The molecule has 4 aromatic rings. The third-order valence-corrected chi connectivity index (χ3v) is 7.93. The van der Waals surface area contributed by atoms with Crippen LogP contribution in [-0.4, -0.2) is 63.1 Å². The van der Waals surface area contributed by atoms with Gasteiger partial charge >= 0.3 is 5.97 Å². The number of hydrogen-bond donors (Lipinski definition) is 0. The molecule has 6 rings (SSSR count). The maximum atomic E-state index is 14.0. The first-order chi connectivity index (χ1) is 20.5. The van der Waals surface area contributed by atoms with Crippen LogP contribution < -0.4 is 4.74 Å². The maximum Gasteiger partial charge on any atom is 0.337 e. The van der Waals surface area contributed by atoms with Crippen molar-refractivity contribution in [2.45, 2.75) is 65.0 Å². The Hall–Kier alpha value is -3.47. The number of fused-ring (bicyclic) bond motifs is 1. The zero-order chi connectivity index (χ0) is 29.6. The van der Waals surface area contributed by atoms with Crippen molar-refractivity contribution in [1.82, 2.24) is 24.2 Å². The fourth-order valence-electron chi connectivity index (χ4n) is 5.31. The van der Waals surface area contributed by atoms with E-state index >= 15 is 0 Å². The molecule has 42 heavy (non-hydrogen) atoms. The standard InChI is InChI=1S/C29H31ClFN5O4.C2H6/c1-38-29(37)19-3-5-25-26(14-19)35(16-23-9-13-39-23)27(32-25)17-34-10-6-22(7-11-34)36-12-8-28(33-36)40-18-20-2-4-21(30)15-24(20)31;1-2/h2-5,8,12,14-15,22-23H,6-7,9-11,13,16-18H2,1H3;1-2H3/t23-;/m0./s1. The van der Waals surface area contributed by atoms with E-state index in [4.69, 9.17) is 30.8 Å². The van der Waals surface area contributed by atoms with E-state index in [0.717, 1.165) is 55.8 Å². The van der Waals surface area contributed by atoms with Crippen LogP contribution in [0.15, 0.2) is 48.7 Å². The number of halogens is 2. The topological polar surface area (TPSA) is 83.6 Å². The first kappa shape index (κ1) is 30.0. The summed E-state index contributed by atoms with van der Waals surface area (Å²) >= 11 is 5.83. The Kier molecular flexibility index (Phi) is 9.76. The van der Waals surface area contributed by atoms with E-state index in [-0.39, 0.29) is 24.7 Å². The number of rotatable bonds is 9. The molecular formula is C31H37ClFN5O4. The fraction of sp³-hybridized carbons (Fsp3) is 0.452. The average molecular weight is 598 g/mol. The lowest BCUT2D eigenvalue weighted by molar-refractivity contribution is -0.0592. The second-order valence-corrected chi connectivity index (χ2v) is 10.7. The molecule has 2 fully saturated rings. The molecule has 0 unspecified atom stereocenters. The molecule has 9 nitrogen and oxygen atoms in total. The molecule has 0 spiro atoms. The van der Waals surface area contributed by atoms with Crippen LogP contribution in [-0.2, 0) is 29.2 Å². The van der Waals surface area contributed by atoms with Crippen LogP contribution in [0.25, 0.3) is 11.0 Å². The Labute approximate surface area is 250 Å². The van der Waals surface area contributed by atoms with E-state index in [1.165, 1.54) is 13.2 Å². The number of piperidine rings is 1. The van der Waals surface area contributed by atoms with Gasteiger partial charge in [0.1, 0.15) is 18.2 Å². The monoisotopic (exact) mass is 597 g/mol. The highest BCUT2D eigenvalue weighted by Crippen LogP contribution is 2.27. The molecule has 0 N–H and O–H groups in total. The molecule has 2 aromatic carbocycles. The van der Waals surface area contributed by atoms with Crippen LogP contribution in [0.3, 0.4) is 0 Å². The van der Waals surface area contributed by atoms with Crippen molar-refractivity contribution < 1.29 is 23.4 Å². The van der Waals surface area contributed by atoms with Crippen molar-refractivity contribution in [3.05, 3.63) is 76.5 Å². The summed E-state index contributed by atoms with van der Waals surface area (Å²) in [5, 5.41) is 4.94. The number of hydrogen-bond acceptors (Lipinski definition) is 7. The molecule has 2 saturated heterocycles. The Balaban J connectivity index is 0.00000173. The smallest absolute Gasteiger partial charge is 0.337 e. The summed E-state index contributed by atoms with van der Waals surface area (Å²) in [6, 6.07) is 12.1. The Morgan fingerprint density at radius 3 is 2.60 bits per heavy atom. The lowest BCUT2D eigenvalue weighted by Gasteiger charge is -2.32. The summed E-state index contributed by atoms with van der Waals surface area (Å²) in [5.74, 6) is 0.685. The number of imidazole rings is 1. The number of likely N-dealkylation sites (tertiary alicyclic amines) is 1. The van der Waals surface area contributed by atoms with E-state index in [0.29, 0.717) is 35.1 Å². The lowest BCUT2D eigenvalue weighted by Crippen LogP contribution is -2.36. The molecule has 0 saturated carbocycles. The molecule has 0 amide bonds. The van der Waals surface area contributed by atoms with Gasteiger partial charge in [-0.2, -0.15) is 0 Å². The molecule has 2 aliphatic heterocycles. The maximum absolute atomic E-state index is 14.0. The number of carbonyl (C=O) groups excluding carboxylic acids is 1. The minimum Gasteiger partial charge on any atom is -0.472 e. The zero-order valence-electron chi connectivity index (χ0n) is 24.3. The number of ether oxygens (including phenoxy) is 3. The van der Waals surface area contributed by atoms with Crippen molar-refractivity contribution in [2.75, 3.05) is 26.8 Å². The predicted molar refractivity (Wildman–Crippen MR) is 158 cm³/mol. The number of aromatic nitrogens is 4. The molecule has 4 heterocycles. The quantitative estimate of drug-likeness (QED) is 0.217. The van der Waals surface area contributed by atoms with E-state index < -0.39 is 5.82 Å². The van der Waals surface area contributed by atoms with Crippen LogP contribution in [0.4, 0.5) is 4.39 Å². The van der Waals surface area contributed by atoms with Crippen LogP contribution in [0.1, 0.15) is 60.9 Å². The second-order valence-electron chi connectivity index (χ2n) is 10.3. The molecule has 2 aromatic heterocycles. The van der Waals surface area contributed by atoms with E-state index in [2.05, 4.69) is 14.6 Å². The highest BCUT2D eigenvalue weighted by atomic mass is 35.5. The van der Waals surface area contributed by atoms with Gasteiger partial charge in [-0.1, -0.05) is 31.5 Å². The second kappa shape index (κ2) is 13.7. The van der Waals surface area contributed by atoms with E-state index in [9.17, 15) is 9.18 Å². The Morgan fingerprint density at radius 1 is 1.12 bits per heavy atom. The third-order valence-electron chi connectivity index (χ3n) is 7.70. The SMILES string of the molecule is CC.COC(=O)c1ccc2nc(CN3CCC(n4ccc(OCc5ccc(Cl)cc5F)n4)CC3)n(C[C@@H]3CCO3)c2c1. The van der Waals surface area contributed by atoms with Crippen LogP contribution in [0.2, 0.25) is 5.02 Å². The van der Waals surface area contributed by atoms with Gasteiger partial charge in [0, 0.05) is 42.5 Å². The minimum atomic E-state index is -0.392. The highest BCUT2D eigenvalue weighted by molar-refractivity contribution is 6.30. The summed E-state index contributed by atoms with van der Waals surface area (Å²) in [6.07, 6.45) is 4.98. The number of esters is 1. The Bertz CT molecular complexity index is 1510. The summed E-state index contributed by atoms with van der Waals surface area (Å²) in [7, 11) is 1.39. The molecule has 0 bridgehead atoms. The van der Waals surface area contributed by atoms with Gasteiger partial charge in [0.15, 0.2) is 0 Å². The first-order valence-corrected chi connectivity index (χ1v) is 14.9. The van der Waals surface area contributed by atoms with Crippen molar-refractivity contribution in [3.8, 4) is 5.88 Å². The van der Waals surface area contributed by atoms with Crippen LogP contribution in [0, 0.1) is 5.82 Å². The summed E-state index contributed by atoms with van der Waals surface area (Å²) in [4.78, 5) is 19.5. The van der Waals surface area contributed by atoms with E-state index in [1.54, 1.807) is 18.2 Å². The fourth-order valence-corrected chi connectivity index (χ4v) is 5.47. The van der Waals surface area contributed by atoms with E-state index in [1.807, 2.05) is 42.9 Å². The normalized spacial score (nSPS) is 17.4. The molecule has 11 heteroatoms. The van der Waals surface area contributed by atoms with Gasteiger partial charge in [-0.3, -0.25) is 9.58 Å². The molecule has 2 aliphatic rings. The highest BCUT2D eigenvalue weighted by Gasteiger charge is 2.26. The minimum absolute atomic E-state index is 0.0898. The molecule has 224 valence electrons. The molecule has 0 radical (unpaired) electrons. The molecule has 1 atom stereocenters. The molecule has 0 aliphatic carbocycles. The van der Waals surface area contributed by atoms with Crippen molar-refractivity contribution >= 4 is 28.6 Å². The van der Waals surface area contributed by atoms with Gasteiger partial charge < -0.3 is 18.8 Å². The van der Waals surface area contributed by atoms with Gasteiger partial charge in [0.2, 0.25) is 5.88 Å². The lowest BCUT2D eigenvalue weighted by atomic mass is 10.1. The largest absolute Gasteiger partial charge is 0.472 e. The van der Waals surface area contributed by atoms with Crippen molar-refractivity contribution in [2.24, 2.45) is 0 Å². The number of nitrogens with zero attached hydrogens (tertiary/aromatic N) is 5. The summed E-state index contributed by atoms with van der Waals surface area (Å²) < 4.78 is 34.6. The number of methoxy groups -OCH3 is 1. The third kappa shape index (κ3) is 6.77. The van der Waals surface area contributed by atoms with Crippen molar-refractivity contribution in [3.63, 3.8) is 0 Å².